The van der Waals surface area contributed by atoms with Crippen LogP contribution >= 0.6 is 0 Å². The molecule has 1 saturated heterocycles. The molecule has 0 radical (unpaired) electrons. The third kappa shape index (κ3) is 3.71. The fourth-order valence-electron chi connectivity index (χ4n) is 3.14. The molecule has 1 rings (SSSR count). The van der Waals surface area contributed by atoms with E-state index in [-0.39, 0.29) is 5.41 Å². The van der Waals surface area contributed by atoms with Gasteiger partial charge in [-0.15, -0.1) is 0 Å². The maximum absolute atomic E-state index is 6.12. The van der Waals surface area contributed by atoms with Crippen molar-refractivity contribution >= 4 is 0 Å². The van der Waals surface area contributed by atoms with Crippen molar-refractivity contribution in [3.05, 3.63) is 0 Å². The van der Waals surface area contributed by atoms with Gasteiger partial charge in [-0.05, 0) is 39.0 Å². The summed E-state index contributed by atoms with van der Waals surface area (Å²) >= 11 is 0. The summed E-state index contributed by atoms with van der Waals surface area (Å²) in [5, 5.41) is 0. The van der Waals surface area contributed by atoms with Crippen LogP contribution in [0, 0.1) is 5.41 Å². The molecule has 2 unspecified atom stereocenters. The van der Waals surface area contributed by atoms with Crippen LogP contribution in [-0.4, -0.2) is 25.8 Å². The van der Waals surface area contributed by atoms with Gasteiger partial charge in [0.2, 0.25) is 0 Å². The zero-order valence-corrected chi connectivity index (χ0v) is 13.3. The van der Waals surface area contributed by atoms with Crippen LogP contribution in [0.4, 0.5) is 0 Å². The molecule has 19 heavy (non-hydrogen) atoms. The van der Waals surface area contributed by atoms with Crippen molar-refractivity contribution < 1.29 is 14.2 Å². The second kappa shape index (κ2) is 8.23. The molecule has 0 aromatic carbocycles. The van der Waals surface area contributed by atoms with Gasteiger partial charge in [0.15, 0.2) is 0 Å². The lowest BCUT2D eigenvalue weighted by Gasteiger charge is -2.51. The summed E-state index contributed by atoms with van der Waals surface area (Å²) in [7, 11) is 0. The first-order valence-electron chi connectivity index (χ1n) is 8.12. The van der Waals surface area contributed by atoms with Crippen LogP contribution in [0.25, 0.3) is 0 Å². The molecule has 0 aromatic rings. The molecular formula is C16H32O3. The maximum atomic E-state index is 6.12. The summed E-state index contributed by atoms with van der Waals surface area (Å²) in [6, 6.07) is 0. The normalized spacial score (nSPS) is 31.6. The van der Waals surface area contributed by atoms with E-state index >= 15 is 0 Å². The zero-order chi connectivity index (χ0) is 14.2. The fourth-order valence-corrected chi connectivity index (χ4v) is 3.14. The van der Waals surface area contributed by atoms with Gasteiger partial charge in [-0.25, -0.2) is 0 Å². The van der Waals surface area contributed by atoms with E-state index in [4.69, 9.17) is 14.2 Å². The second-order valence-corrected chi connectivity index (χ2v) is 5.53. The molecule has 3 heteroatoms. The minimum atomic E-state index is -0.806. The molecule has 3 nitrogen and oxygen atoms in total. The van der Waals surface area contributed by atoms with E-state index in [1.807, 2.05) is 6.92 Å². The van der Waals surface area contributed by atoms with Gasteiger partial charge in [-0.1, -0.05) is 33.6 Å². The van der Waals surface area contributed by atoms with Crippen molar-refractivity contribution in [2.24, 2.45) is 5.41 Å². The van der Waals surface area contributed by atoms with Gasteiger partial charge in [0, 0.05) is 6.61 Å². The van der Waals surface area contributed by atoms with Crippen molar-refractivity contribution in [3.8, 4) is 0 Å². The molecule has 0 N–H and O–H groups in total. The minimum Gasteiger partial charge on any atom is -0.327 e. The average molecular weight is 272 g/mol. The van der Waals surface area contributed by atoms with E-state index in [9.17, 15) is 0 Å². The van der Waals surface area contributed by atoms with Crippen LogP contribution in [0.3, 0.4) is 0 Å². The molecule has 0 amide bonds. The highest BCUT2D eigenvalue weighted by Gasteiger charge is 2.55. The molecule has 0 saturated carbocycles. The topological polar surface area (TPSA) is 27.7 Å². The molecular weight excluding hydrogens is 240 g/mol. The van der Waals surface area contributed by atoms with E-state index < -0.39 is 5.97 Å². The van der Waals surface area contributed by atoms with Crippen LogP contribution in [0.1, 0.15) is 72.6 Å². The van der Waals surface area contributed by atoms with Crippen LogP contribution in [0.2, 0.25) is 0 Å². The van der Waals surface area contributed by atoms with Gasteiger partial charge < -0.3 is 14.2 Å². The molecule has 1 aliphatic heterocycles. The Morgan fingerprint density at radius 2 is 1.84 bits per heavy atom. The summed E-state index contributed by atoms with van der Waals surface area (Å²) in [5.41, 5.74) is 0.0203. The van der Waals surface area contributed by atoms with Crippen LogP contribution < -0.4 is 0 Å². The standard InChI is InChI=1S/C16H32O3/c1-5-9-11-15(7-3)12-10-14-19-16(15,17-8-4)18-13-6-2/h5-14H2,1-4H3. The summed E-state index contributed by atoms with van der Waals surface area (Å²) in [5.74, 6) is -0.806. The molecule has 1 heterocycles. The number of ether oxygens (including phenoxy) is 3. The van der Waals surface area contributed by atoms with Crippen LogP contribution in [-0.2, 0) is 14.2 Å². The molecule has 0 spiro atoms. The van der Waals surface area contributed by atoms with Crippen molar-refractivity contribution in [2.45, 2.75) is 78.6 Å². The number of hydrogen-bond acceptors (Lipinski definition) is 3. The number of rotatable bonds is 9. The molecule has 0 aromatic heterocycles. The summed E-state index contributed by atoms with van der Waals surface area (Å²) in [6.45, 7) is 10.7. The fraction of sp³-hybridized carbons (Fsp3) is 1.00. The molecule has 1 aliphatic rings. The number of unbranched alkanes of at least 4 members (excludes halogenated alkanes) is 1. The van der Waals surface area contributed by atoms with Crippen molar-refractivity contribution in [2.75, 3.05) is 19.8 Å². The lowest BCUT2D eigenvalue weighted by molar-refractivity contribution is -0.445. The highest BCUT2D eigenvalue weighted by atomic mass is 16.9. The van der Waals surface area contributed by atoms with E-state index in [0.29, 0.717) is 13.2 Å². The Bertz CT molecular complexity index is 240. The third-order valence-electron chi connectivity index (χ3n) is 4.26. The van der Waals surface area contributed by atoms with Crippen LogP contribution in [0.15, 0.2) is 0 Å². The predicted octanol–water partition coefficient (Wildman–Crippen LogP) is 4.50. The van der Waals surface area contributed by atoms with Gasteiger partial charge >= 0.3 is 0 Å². The van der Waals surface area contributed by atoms with Crippen molar-refractivity contribution in [1.82, 2.24) is 0 Å². The highest BCUT2D eigenvalue weighted by molar-refractivity contribution is 4.90. The van der Waals surface area contributed by atoms with E-state index in [1.165, 1.54) is 12.8 Å². The van der Waals surface area contributed by atoms with Gasteiger partial charge in [0.05, 0.1) is 18.6 Å². The van der Waals surface area contributed by atoms with Gasteiger partial charge in [-0.3, -0.25) is 0 Å². The Morgan fingerprint density at radius 1 is 1.05 bits per heavy atom. The third-order valence-corrected chi connectivity index (χ3v) is 4.26. The first kappa shape index (κ1) is 16.9. The average Bonchev–Trinajstić information content (AvgIpc) is 2.45. The Hall–Kier alpha value is -0.120. The zero-order valence-electron chi connectivity index (χ0n) is 13.3. The SMILES string of the molecule is CCCCC1(CC)CCCOC1(OCC)OCCC. The molecule has 0 aliphatic carbocycles. The Kier molecular flexibility index (Phi) is 7.33. The first-order chi connectivity index (χ1) is 9.20. The van der Waals surface area contributed by atoms with E-state index in [2.05, 4.69) is 20.8 Å². The molecule has 114 valence electrons. The van der Waals surface area contributed by atoms with Gasteiger partial charge in [0.25, 0.3) is 5.97 Å². The summed E-state index contributed by atoms with van der Waals surface area (Å²) in [4.78, 5) is 0. The predicted molar refractivity (Wildman–Crippen MR) is 78.0 cm³/mol. The lowest BCUT2D eigenvalue weighted by Crippen LogP contribution is -2.57. The van der Waals surface area contributed by atoms with Crippen molar-refractivity contribution in [1.29, 1.82) is 0 Å². The van der Waals surface area contributed by atoms with Crippen molar-refractivity contribution in [3.63, 3.8) is 0 Å². The Morgan fingerprint density at radius 3 is 2.42 bits per heavy atom. The maximum Gasteiger partial charge on any atom is 0.288 e. The first-order valence-corrected chi connectivity index (χ1v) is 8.12. The summed E-state index contributed by atoms with van der Waals surface area (Å²) < 4.78 is 18.2. The molecule has 0 bridgehead atoms. The van der Waals surface area contributed by atoms with E-state index in [1.54, 1.807) is 0 Å². The van der Waals surface area contributed by atoms with Gasteiger partial charge in [0.1, 0.15) is 0 Å². The smallest absolute Gasteiger partial charge is 0.288 e. The highest BCUT2D eigenvalue weighted by Crippen LogP contribution is 2.50. The molecule has 1 fully saturated rings. The Balaban J connectivity index is 2.95. The largest absolute Gasteiger partial charge is 0.327 e. The van der Waals surface area contributed by atoms with Crippen LogP contribution in [0.5, 0.6) is 0 Å². The second-order valence-electron chi connectivity index (χ2n) is 5.53. The van der Waals surface area contributed by atoms with Gasteiger partial charge in [-0.2, -0.15) is 0 Å². The monoisotopic (exact) mass is 272 g/mol. The lowest BCUT2D eigenvalue weighted by atomic mass is 9.72. The van der Waals surface area contributed by atoms with E-state index in [0.717, 1.165) is 38.7 Å². The quantitative estimate of drug-likeness (QED) is 0.578. The minimum absolute atomic E-state index is 0.0203. The Labute approximate surface area is 119 Å². The molecule has 2 atom stereocenters. The number of hydrogen-bond donors (Lipinski definition) is 0. The summed E-state index contributed by atoms with van der Waals surface area (Å²) in [6.07, 6.45) is 7.85.